The van der Waals surface area contributed by atoms with Crippen LogP contribution in [-0.2, 0) is 0 Å². The van der Waals surface area contributed by atoms with Crippen molar-refractivity contribution in [3.8, 4) is 0 Å². The van der Waals surface area contributed by atoms with Crippen molar-refractivity contribution in [2.75, 3.05) is 0 Å². The van der Waals surface area contributed by atoms with Gasteiger partial charge in [-0.1, -0.05) is 0 Å². The molecule has 0 spiro atoms. The van der Waals surface area contributed by atoms with E-state index in [0.29, 0.717) is 5.84 Å². The third-order valence-electron chi connectivity index (χ3n) is 2.27. The minimum absolute atomic E-state index is 0.607. The zero-order chi connectivity index (χ0) is 9.97. The molecule has 72 valence electrons. The average Bonchev–Trinajstić information content (AvgIpc) is 2.20. The van der Waals surface area contributed by atoms with Crippen molar-refractivity contribution in [1.29, 1.82) is 0 Å². The number of hydrogen-bond acceptors (Lipinski definition) is 4. The van der Waals surface area contributed by atoms with Gasteiger partial charge in [-0.2, -0.15) is 5.10 Å². The van der Waals surface area contributed by atoms with Crippen LogP contribution in [0.15, 0.2) is 28.7 Å². The monoisotopic (exact) mass is 188 g/mol. The normalized spacial score (nSPS) is 16.1. The lowest BCUT2D eigenvalue weighted by molar-refractivity contribution is 1.02. The van der Waals surface area contributed by atoms with Gasteiger partial charge >= 0.3 is 0 Å². The summed E-state index contributed by atoms with van der Waals surface area (Å²) in [7, 11) is 0. The van der Waals surface area contributed by atoms with E-state index in [1.54, 1.807) is 6.20 Å². The van der Waals surface area contributed by atoms with E-state index in [0.717, 1.165) is 24.1 Å². The SMILES string of the molecule is Cc1ccncc1C1=NN=C(N)CC1. The van der Waals surface area contributed by atoms with Gasteiger partial charge in [0.15, 0.2) is 0 Å². The predicted octanol–water partition coefficient (Wildman–Crippen LogP) is 1.25. The van der Waals surface area contributed by atoms with Gasteiger partial charge in [0, 0.05) is 24.4 Å². The summed E-state index contributed by atoms with van der Waals surface area (Å²) in [6.07, 6.45) is 5.24. The molecule has 0 saturated carbocycles. The Morgan fingerprint density at radius 1 is 1.29 bits per heavy atom. The van der Waals surface area contributed by atoms with Gasteiger partial charge in [-0.3, -0.25) is 4.98 Å². The second-order valence-corrected chi connectivity index (χ2v) is 3.33. The number of pyridine rings is 1. The Balaban J connectivity index is 2.37. The van der Waals surface area contributed by atoms with E-state index < -0.39 is 0 Å². The molecule has 0 saturated heterocycles. The Morgan fingerprint density at radius 2 is 2.14 bits per heavy atom. The van der Waals surface area contributed by atoms with E-state index in [1.165, 1.54) is 5.56 Å². The Morgan fingerprint density at radius 3 is 2.79 bits per heavy atom. The second-order valence-electron chi connectivity index (χ2n) is 3.33. The molecule has 0 aromatic carbocycles. The molecule has 1 aliphatic rings. The van der Waals surface area contributed by atoms with Crippen molar-refractivity contribution >= 4 is 11.5 Å². The lowest BCUT2D eigenvalue weighted by Crippen LogP contribution is -2.18. The number of nitrogens with two attached hydrogens (primary N) is 1. The molecule has 0 radical (unpaired) electrons. The highest BCUT2D eigenvalue weighted by atomic mass is 15.2. The van der Waals surface area contributed by atoms with Crippen molar-refractivity contribution in [3.63, 3.8) is 0 Å². The molecule has 2 heterocycles. The van der Waals surface area contributed by atoms with Crippen molar-refractivity contribution in [2.24, 2.45) is 15.9 Å². The van der Waals surface area contributed by atoms with Gasteiger partial charge in [0.1, 0.15) is 5.84 Å². The zero-order valence-electron chi connectivity index (χ0n) is 8.07. The molecule has 2 N–H and O–H groups in total. The maximum atomic E-state index is 5.54. The lowest BCUT2D eigenvalue weighted by Gasteiger charge is -2.10. The number of aromatic nitrogens is 1. The van der Waals surface area contributed by atoms with Crippen LogP contribution in [0.2, 0.25) is 0 Å². The number of amidine groups is 1. The molecule has 1 aliphatic heterocycles. The van der Waals surface area contributed by atoms with Crippen molar-refractivity contribution in [2.45, 2.75) is 19.8 Å². The molecule has 1 aromatic rings. The van der Waals surface area contributed by atoms with Crippen LogP contribution >= 0.6 is 0 Å². The van der Waals surface area contributed by atoms with Gasteiger partial charge in [0.05, 0.1) is 5.71 Å². The van der Waals surface area contributed by atoms with Crippen LogP contribution in [0.4, 0.5) is 0 Å². The molecule has 0 aliphatic carbocycles. The fraction of sp³-hybridized carbons (Fsp3) is 0.300. The predicted molar refractivity (Wildman–Crippen MR) is 56.4 cm³/mol. The molecule has 14 heavy (non-hydrogen) atoms. The lowest BCUT2D eigenvalue weighted by atomic mass is 10.0. The summed E-state index contributed by atoms with van der Waals surface area (Å²) in [6, 6.07) is 1.97. The van der Waals surface area contributed by atoms with E-state index >= 15 is 0 Å². The number of nitrogens with zero attached hydrogens (tertiary/aromatic N) is 3. The molecular weight excluding hydrogens is 176 g/mol. The zero-order valence-corrected chi connectivity index (χ0v) is 8.07. The van der Waals surface area contributed by atoms with Crippen LogP contribution in [0.1, 0.15) is 24.0 Å². The quantitative estimate of drug-likeness (QED) is 0.720. The van der Waals surface area contributed by atoms with E-state index in [-0.39, 0.29) is 0 Å². The minimum Gasteiger partial charge on any atom is -0.386 e. The molecule has 0 fully saturated rings. The molecular formula is C10H12N4. The number of hydrogen-bond donors (Lipinski definition) is 1. The maximum absolute atomic E-state index is 5.54. The molecule has 0 bridgehead atoms. The standard InChI is InChI=1S/C10H12N4/c1-7-4-5-12-6-8(7)9-2-3-10(11)14-13-9/h4-6H,2-3H2,1H3,(H2,11,14). The first-order valence-corrected chi connectivity index (χ1v) is 4.57. The fourth-order valence-corrected chi connectivity index (χ4v) is 1.43. The summed E-state index contributed by atoms with van der Waals surface area (Å²) >= 11 is 0. The molecule has 0 unspecified atom stereocenters. The fourth-order valence-electron chi connectivity index (χ4n) is 1.43. The first-order valence-electron chi connectivity index (χ1n) is 4.57. The summed E-state index contributed by atoms with van der Waals surface area (Å²) in [5.74, 6) is 0.607. The number of aryl methyl sites for hydroxylation is 1. The Labute approximate surface area is 82.6 Å². The van der Waals surface area contributed by atoms with Gasteiger partial charge in [0.25, 0.3) is 0 Å². The first kappa shape index (κ1) is 8.87. The van der Waals surface area contributed by atoms with Gasteiger partial charge < -0.3 is 5.73 Å². The second kappa shape index (κ2) is 3.57. The van der Waals surface area contributed by atoms with Crippen molar-refractivity contribution < 1.29 is 0 Å². The molecule has 1 aromatic heterocycles. The smallest absolute Gasteiger partial charge is 0.122 e. The first-order chi connectivity index (χ1) is 6.77. The number of rotatable bonds is 1. The largest absolute Gasteiger partial charge is 0.386 e. The molecule has 4 heteroatoms. The van der Waals surface area contributed by atoms with Crippen molar-refractivity contribution in [3.05, 3.63) is 29.6 Å². The molecule has 0 atom stereocenters. The maximum Gasteiger partial charge on any atom is 0.122 e. The molecule has 2 rings (SSSR count). The highest BCUT2D eigenvalue weighted by Crippen LogP contribution is 2.13. The summed E-state index contributed by atoms with van der Waals surface area (Å²) in [6.45, 7) is 2.04. The third-order valence-corrected chi connectivity index (χ3v) is 2.27. The van der Waals surface area contributed by atoms with Gasteiger partial charge in [-0.15, -0.1) is 5.10 Å². The van der Waals surface area contributed by atoms with E-state index in [1.807, 2.05) is 19.2 Å². The Kier molecular flexibility index (Phi) is 2.26. The topological polar surface area (TPSA) is 63.6 Å². The highest BCUT2D eigenvalue weighted by molar-refractivity contribution is 6.04. The van der Waals surface area contributed by atoms with Crippen LogP contribution in [0.5, 0.6) is 0 Å². The third kappa shape index (κ3) is 1.64. The van der Waals surface area contributed by atoms with Crippen LogP contribution in [0.3, 0.4) is 0 Å². The van der Waals surface area contributed by atoms with Gasteiger partial charge in [-0.25, -0.2) is 0 Å². The summed E-state index contributed by atoms with van der Waals surface area (Å²) in [5, 5.41) is 7.96. The van der Waals surface area contributed by atoms with Crippen LogP contribution in [-0.4, -0.2) is 16.5 Å². The Hall–Kier alpha value is -1.71. The highest BCUT2D eigenvalue weighted by Gasteiger charge is 2.11. The Bertz CT molecular complexity index is 406. The van der Waals surface area contributed by atoms with Gasteiger partial charge in [-0.05, 0) is 25.0 Å². The summed E-state index contributed by atoms with van der Waals surface area (Å²) in [5.41, 5.74) is 8.77. The van der Waals surface area contributed by atoms with E-state index in [9.17, 15) is 0 Å². The average molecular weight is 188 g/mol. The molecule has 0 amide bonds. The van der Waals surface area contributed by atoms with E-state index in [2.05, 4.69) is 15.2 Å². The van der Waals surface area contributed by atoms with Gasteiger partial charge in [0.2, 0.25) is 0 Å². The van der Waals surface area contributed by atoms with E-state index in [4.69, 9.17) is 5.73 Å². The summed E-state index contributed by atoms with van der Waals surface area (Å²) in [4.78, 5) is 4.08. The van der Waals surface area contributed by atoms with Crippen LogP contribution in [0, 0.1) is 6.92 Å². The minimum atomic E-state index is 0.607. The van der Waals surface area contributed by atoms with Crippen LogP contribution in [0.25, 0.3) is 0 Å². The van der Waals surface area contributed by atoms with Crippen molar-refractivity contribution in [1.82, 2.24) is 4.98 Å². The van der Waals surface area contributed by atoms with Crippen LogP contribution < -0.4 is 5.73 Å². The molecule has 4 nitrogen and oxygen atoms in total. The summed E-state index contributed by atoms with van der Waals surface area (Å²) < 4.78 is 0.